The fourth-order valence-corrected chi connectivity index (χ4v) is 2.74. The van der Waals surface area contributed by atoms with Crippen LogP contribution in [-0.4, -0.2) is 59.7 Å². The van der Waals surface area contributed by atoms with Crippen molar-refractivity contribution in [2.75, 3.05) is 25.5 Å². The third kappa shape index (κ3) is 4.38. The molecule has 5 amide bonds. The number of anilines is 1. The molecule has 1 aromatic rings. The molecule has 2 fully saturated rings. The van der Waals surface area contributed by atoms with Gasteiger partial charge < -0.3 is 15.5 Å². The highest BCUT2D eigenvalue weighted by Crippen LogP contribution is 2.20. The minimum Gasteiger partial charge on any atom is -0.349 e. The average molecular weight is 358 g/mol. The summed E-state index contributed by atoms with van der Waals surface area (Å²) in [6, 6.07) is 6.72. The van der Waals surface area contributed by atoms with Crippen LogP contribution in [0.3, 0.4) is 0 Å². The van der Waals surface area contributed by atoms with Crippen molar-refractivity contribution in [1.29, 1.82) is 0 Å². The molecule has 1 aliphatic carbocycles. The SMILES string of the molecule is CN1CC(=O)N(CCCC(=O)Nc2cccc(C(=O)NC3CC3)c2)C1=O. The van der Waals surface area contributed by atoms with E-state index in [-0.39, 0.29) is 49.3 Å². The largest absolute Gasteiger partial charge is 0.349 e. The maximum atomic E-state index is 12.1. The summed E-state index contributed by atoms with van der Waals surface area (Å²) in [5.74, 6) is -0.608. The fourth-order valence-electron chi connectivity index (χ4n) is 2.74. The molecule has 0 spiro atoms. The molecule has 0 radical (unpaired) electrons. The van der Waals surface area contributed by atoms with Crippen LogP contribution in [0.15, 0.2) is 24.3 Å². The molecule has 8 nitrogen and oxygen atoms in total. The predicted octanol–water partition coefficient (Wildman–Crippen LogP) is 1.19. The number of nitrogens with zero attached hydrogens (tertiary/aromatic N) is 2. The van der Waals surface area contributed by atoms with Crippen molar-refractivity contribution in [2.24, 2.45) is 0 Å². The summed E-state index contributed by atoms with van der Waals surface area (Å²) in [5, 5.41) is 5.65. The van der Waals surface area contributed by atoms with Gasteiger partial charge in [-0.1, -0.05) is 6.07 Å². The number of likely N-dealkylation sites (N-methyl/N-ethyl adjacent to an activating group) is 1. The molecule has 0 unspecified atom stereocenters. The van der Waals surface area contributed by atoms with Crippen LogP contribution in [0.2, 0.25) is 0 Å². The van der Waals surface area contributed by atoms with Crippen LogP contribution in [0.1, 0.15) is 36.0 Å². The van der Waals surface area contributed by atoms with Gasteiger partial charge in [0, 0.05) is 37.3 Å². The second kappa shape index (κ2) is 7.55. The van der Waals surface area contributed by atoms with Crippen LogP contribution in [0.5, 0.6) is 0 Å². The Balaban J connectivity index is 1.46. The Bertz CT molecular complexity index is 744. The predicted molar refractivity (Wildman–Crippen MR) is 94.5 cm³/mol. The summed E-state index contributed by atoms with van der Waals surface area (Å²) in [6.45, 7) is 0.306. The summed E-state index contributed by atoms with van der Waals surface area (Å²) in [4.78, 5) is 50.1. The van der Waals surface area contributed by atoms with E-state index in [0.717, 1.165) is 17.7 Å². The Kier molecular flexibility index (Phi) is 5.20. The molecule has 1 aliphatic heterocycles. The van der Waals surface area contributed by atoms with Gasteiger partial charge in [0.1, 0.15) is 6.54 Å². The maximum absolute atomic E-state index is 12.1. The molecule has 138 valence electrons. The lowest BCUT2D eigenvalue weighted by Gasteiger charge is -2.13. The van der Waals surface area contributed by atoms with E-state index in [4.69, 9.17) is 0 Å². The smallest absolute Gasteiger partial charge is 0.326 e. The van der Waals surface area contributed by atoms with Gasteiger partial charge in [0.2, 0.25) is 11.8 Å². The van der Waals surface area contributed by atoms with Gasteiger partial charge in [-0.2, -0.15) is 0 Å². The number of hydrogen-bond donors (Lipinski definition) is 2. The zero-order chi connectivity index (χ0) is 18.7. The zero-order valence-electron chi connectivity index (χ0n) is 14.7. The van der Waals surface area contributed by atoms with E-state index in [1.54, 1.807) is 31.3 Å². The van der Waals surface area contributed by atoms with E-state index in [1.165, 1.54) is 4.90 Å². The lowest BCUT2D eigenvalue weighted by Crippen LogP contribution is -2.32. The first-order chi connectivity index (χ1) is 12.4. The van der Waals surface area contributed by atoms with Crippen molar-refractivity contribution in [3.63, 3.8) is 0 Å². The van der Waals surface area contributed by atoms with Crippen molar-refractivity contribution < 1.29 is 19.2 Å². The van der Waals surface area contributed by atoms with Gasteiger partial charge in [-0.25, -0.2) is 4.79 Å². The van der Waals surface area contributed by atoms with Gasteiger partial charge in [0.05, 0.1) is 0 Å². The van der Waals surface area contributed by atoms with Crippen molar-refractivity contribution in [3.8, 4) is 0 Å². The molecule has 8 heteroatoms. The highest BCUT2D eigenvalue weighted by molar-refractivity contribution is 6.02. The van der Waals surface area contributed by atoms with Crippen LogP contribution >= 0.6 is 0 Å². The molecule has 0 bridgehead atoms. The van der Waals surface area contributed by atoms with E-state index in [1.807, 2.05) is 0 Å². The number of benzene rings is 1. The van der Waals surface area contributed by atoms with Gasteiger partial charge in [0.15, 0.2) is 0 Å². The van der Waals surface area contributed by atoms with E-state index in [9.17, 15) is 19.2 Å². The van der Waals surface area contributed by atoms with E-state index in [2.05, 4.69) is 10.6 Å². The zero-order valence-corrected chi connectivity index (χ0v) is 14.7. The summed E-state index contributed by atoms with van der Waals surface area (Å²) in [6.07, 6.45) is 2.60. The monoisotopic (exact) mass is 358 g/mol. The molecule has 0 aromatic heterocycles. The molecular weight excluding hydrogens is 336 g/mol. The van der Waals surface area contributed by atoms with Crippen molar-refractivity contribution in [1.82, 2.24) is 15.1 Å². The molecule has 0 atom stereocenters. The molecule has 1 saturated heterocycles. The number of imide groups is 1. The number of carbonyl (C=O) groups excluding carboxylic acids is 4. The number of amides is 5. The van der Waals surface area contributed by atoms with Gasteiger partial charge in [-0.05, 0) is 37.5 Å². The standard InChI is InChI=1S/C18H22N4O4/c1-21-11-16(24)22(18(21)26)9-3-6-15(23)19-14-5-2-4-12(10-14)17(25)20-13-7-8-13/h2,4-5,10,13H,3,6-9,11H2,1H3,(H,19,23)(H,20,25). The molecular formula is C18H22N4O4. The molecule has 1 aromatic carbocycles. The molecule has 2 aliphatic rings. The lowest BCUT2D eigenvalue weighted by atomic mass is 10.2. The van der Waals surface area contributed by atoms with Gasteiger partial charge >= 0.3 is 6.03 Å². The van der Waals surface area contributed by atoms with Crippen LogP contribution in [0.25, 0.3) is 0 Å². The quantitative estimate of drug-likeness (QED) is 0.715. The summed E-state index contributed by atoms with van der Waals surface area (Å²) in [7, 11) is 1.57. The summed E-state index contributed by atoms with van der Waals surface area (Å²) in [5.41, 5.74) is 1.05. The number of nitrogens with one attached hydrogen (secondary N) is 2. The first-order valence-corrected chi connectivity index (χ1v) is 8.70. The second-order valence-electron chi connectivity index (χ2n) is 6.66. The molecule has 3 rings (SSSR count). The van der Waals surface area contributed by atoms with Crippen LogP contribution in [0, 0.1) is 0 Å². The van der Waals surface area contributed by atoms with Crippen LogP contribution in [0.4, 0.5) is 10.5 Å². The van der Waals surface area contributed by atoms with Crippen LogP contribution in [-0.2, 0) is 9.59 Å². The lowest BCUT2D eigenvalue weighted by molar-refractivity contribution is -0.125. The summed E-state index contributed by atoms with van der Waals surface area (Å²) < 4.78 is 0. The minimum atomic E-state index is -0.329. The first kappa shape index (κ1) is 17.9. The highest BCUT2D eigenvalue weighted by Gasteiger charge is 2.32. The van der Waals surface area contributed by atoms with Crippen molar-refractivity contribution in [3.05, 3.63) is 29.8 Å². The summed E-state index contributed by atoms with van der Waals surface area (Å²) >= 11 is 0. The first-order valence-electron chi connectivity index (χ1n) is 8.70. The third-order valence-corrected chi connectivity index (χ3v) is 4.34. The van der Waals surface area contributed by atoms with Crippen LogP contribution < -0.4 is 10.6 Å². The van der Waals surface area contributed by atoms with Gasteiger partial charge in [-0.3, -0.25) is 19.3 Å². The van der Waals surface area contributed by atoms with Gasteiger partial charge in [-0.15, -0.1) is 0 Å². The Morgan fingerprint density at radius 2 is 2.00 bits per heavy atom. The number of rotatable bonds is 7. The Morgan fingerprint density at radius 3 is 2.65 bits per heavy atom. The number of urea groups is 1. The fraction of sp³-hybridized carbons (Fsp3) is 0.444. The average Bonchev–Trinajstić information content (AvgIpc) is 3.38. The van der Waals surface area contributed by atoms with Gasteiger partial charge in [0.25, 0.3) is 5.91 Å². The Labute approximate surface area is 151 Å². The van der Waals surface area contributed by atoms with Crippen molar-refractivity contribution in [2.45, 2.75) is 31.7 Å². The third-order valence-electron chi connectivity index (χ3n) is 4.34. The van der Waals surface area contributed by atoms with Crippen molar-refractivity contribution >= 4 is 29.4 Å². The van der Waals surface area contributed by atoms with E-state index >= 15 is 0 Å². The molecule has 1 saturated carbocycles. The Morgan fingerprint density at radius 1 is 1.23 bits per heavy atom. The Hall–Kier alpha value is -2.90. The van der Waals surface area contributed by atoms with E-state index < -0.39 is 0 Å². The normalized spacial score (nSPS) is 16.8. The molecule has 2 N–H and O–H groups in total. The highest BCUT2D eigenvalue weighted by atomic mass is 16.2. The molecule has 26 heavy (non-hydrogen) atoms. The molecule has 1 heterocycles. The second-order valence-corrected chi connectivity index (χ2v) is 6.66. The minimum absolute atomic E-state index is 0.0841. The number of carbonyl (C=O) groups is 4. The maximum Gasteiger partial charge on any atom is 0.326 e. The van der Waals surface area contributed by atoms with E-state index in [0.29, 0.717) is 17.7 Å². The topological polar surface area (TPSA) is 98.8 Å². The number of hydrogen-bond acceptors (Lipinski definition) is 4.